The molecule has 2 aliphatic heterocycles. The minimum Gasteiger partial charge on any atom is -0.490 e. The molecule has 1 aromatic heterocycles. The highest BCUT2D eigenvalue weighted by molar-refractivity contribution is 14.0. The van der Waals surface area contributed by atoms with E-state index in [9.17, 15) is 0 Å². The van der Waals surface area contributed by atoms with Crippen molar-refractivity contribution < 1.29 is 9.47 Å². The van der Waals surface area contributed by atoms with Crippen LogP contribution >= 0.6 is 24.0 Å². The van der Waals surface area contributed by atoms with Gasteiger partial charge in [0.05, 0.1) is 19.8 Å². The Balaban J connectivity index is 0.00000240. The third-order valence-corrected chi connectivity index (χ3v) is 4.88. The van der Waals surface area contributed by atoms with E-state index in [-0.39, 0.29) is 24.0 Å². The number of benzene rings is 1. The van der Waals surface area contributed by atoms with Crippen LogP contribution in [-0.2, 0) is 6.54 Å². The van der Waals surface area contributed by atoms with Gasteiger partial charge in [-0.15, -0.1) is 24.0 Å². The summed E-state index contributed by atoms with van der Waals surface area (Å²) in [6.07, 6.45) is 3.34. The summed E-state index contributed by atoms with van der Waals surface area (Å²) in [6, 6.07) is 9.88. The number of pyridine rings is 1. The number of aryl methyl sites for hydroxylation is 1. The van der Waals surface area contributed by atoms with E-state index in [4.69, 9.17) is 15.2 Å². The molecule has 7 nitrogen and oxygen atoms in total. The average molecular weight is 509 g/mol. The molecule has 0 bridgehead atoms. The SMILES string of the molecule is Cc1cc(CN=C(N)Nc2ccc3c(c2)OCCCO3)cc(N2CCCC2)n1.I. The number of guanidine groups is 1. The molecule has 156 valence electrons. The monoisotopic (exact) mass is 509 g/mol. The standard InChI is InChI=1S/C21H27N5O2.HI/c1-15-11-16(12-20(24-15)26-7-2-3-8-26)14-23-21(22)25-17-5-6-18-19(13-17)28-10-4-9-27-18;/h5-6,11-13H,2-4,7-10,14H2,1H3,(H3,22,23,25);1H. The number of fused-ring (bicyclic) bond motifs is 1. The number of aromatic nitrogens is 1. The predicted octanol–water partition coefficient (Wildman–Crippen LogP) is 3.70. The molecule has 1 fully saturated rings. The van der Waals surface area contributed by atoms with E-state index in [0.29, 0.717) is 25.7 Å². The van der Waals surface area contributed by atoms with Crippen molar-refractivity contribution in [3.63, 3.8) is 0 Å². The van der Waals surface area contributed by atoms with E-state index >= 15 is 0 Å². The average Bonchev–Trinajstić information content (AvgIpc) is 3.12. The van der Waals surface area contributed by atoms with Crippen LogP contribution in [-0.4, -0.2) is 37.2 Å². The first-order valence-corrected chi connectivity index (χ1v) is 9.86. The third-order valence-electron chi connectivity index (χ3n) is 4.88. The Morgan fingerprint density at radius 1 is 1.10 bits per heavy atom. The second-order valence-electron chi connectivity index (χ2n) is 7.21. The van der Waals surface area contributed by atoms with E-state index in [1.807, 2.05) is 25.1 Å². The van der Waals surface area contributed by atoms with Crippen molar-refractivity contribution in [1.82, 2.24) is 4.98 Å². The molecule has 0 atom stereocenters. The van der Waals surface area contributed by atoms with Crippen LogP contribution < -0.4 is 25.4 Å². The van der Waals surface area contributed by atoms with Crippen molar-refractivity contribution in [2.24, 2.45) is 10.7 Å². The van der Waals surface area contributed by atoms with Crippen molar-refractivity contribution >= 4 is 41.4 Å². The molecule has 0 radical (unpaired) electrons. The van der Waals surface area contributed by atoms with Gasteiger partial charge in [-0.3, -0.25) is 0 Å². The lowest BCUT2D eigenvalue weighted by molar-refractivity contribution is 0.297. The van der Waals surface area contributed by atoms with Crippen molar-refractivity contribution in [2.75, 3.05) is 36.5 Å². The summed E-state index contributed by atoms with van der Waals surface area (Å²) in [6.45, 7) is 6.01. The number of ether oxygens (including phenoxy) is 2. The maximum Gasteiger partial charge on any atom is 0.193 e. The topological polar surface area (TPSA) is 85.0 Å². The molecule has 0 saturated carbocycles. The van der Waals surface area contributed by atoms with Crippen LogP contribution in [0.5, 0.6) is 11.5 Å². The molecule has 2 aromatic rings. The van der Waals surface area contributed by atoms with E-state index in [1.165, 1.54) is 12.8 Å². The molecule has 3 heterocycles. The van der Waals surface area contributed by atoms with Crippen molar-refractivity contribution in [3.8, 4) is 11.5 Å². The Labute approximate surface area is 188 Å². The minimum absolute atomic E-state index is 0. The van der Waals surface area contributed by atoms with Gasteiger partial charge in [-0.25, -0.2) is 9.98 Å². The van der Waals surface area contributed by atoms with Gasteiger partial charge in [-0.2, -0.15) is 0 Å². The molecule has 0 spiro atoms. The van der Waals surface area contributed by atoms with Crippen LogP contribution in [0.2, 0.25) is 0 Å². The number of halogens is 1. The van der Waals surface area contributed by atoms with Crippen LogP contribution in [0.25, 0.3) is 0 Å². The lowest BCUT2D eigenvalue weighted by Gasteiger charge is -2.17. The Morgan fingerprint density at radius 2 is 1.86 bits per heavy atom. The zero-order valence-electron chi connectivity index (χ0n) is 16.7. The van der Waals surface area contributed by atoms with E-state index in [1.54, 1.807) is 0 Å². The van der Waals surface area contributed by atoms with Gasteiger partial charge in [0.25, 0.3) is 0 Å². The van der Waals surface area contributed by atoms with Gasteiger partial charge >= 0.3 is 0 Å². The molecular formula is C21H28IN5O2. The van der Waals surface area contributed by atoms with Gasteiger partial charge in [0.1, 0.15) is 5.82 Å². The molecule has 2 aliphatic rings. The Bertz CT molecular complexity index is 868. The quantitative estimate of drug-likeness (QED) is 0.372. The minimum atomic E-state index is 0. The number of nitrogens with two attached hydrogens (primary N) is 1. The van der Waals surface area contributed by atoms with Crippen LogP contribution in [0.4, 0.5) is 11.5 Å². The molecule has 0 amide bonds. The molecule has 8 heteroatoms. The lowest BCUT2D eigenvalue weighted by atomic mass is 10.2. The number of nitrogens with one attached hydrogen (secondary N) is 1. The van der Waals surface area contributed by atoms with Crippen LogP contribution in [0.15, 0.2) is 35.3 Å². The first kappa shape index (κ1) is 21.5. The highest BCUT2D eigenvalue weighted by atomic mass is 127. The number of hydrogen-bond acceptors (Lipinski definition) is 5. The number of aliphatic imine (C=N–C) groups is 1. The van der Waals surface area contributed by atoms with Gasteiger partial charge in [-0.1, -0.05) is 0 Å². The van der Waals surface area contributed by atoms with Crippen LogP contribution in [0.3, 0.4) is 0 Å². The normalized spacial score (nSPS) is 16.2. The first-order chi connectivity index (χ1) is 13.7. The number of nitrogens with zero attached hydrogens (tertiary/aromatic N) is 3. The Morgan fingerprint density at radius 3 is 2.66 bits per heavy atom. The fourth-order valence-corrected chi connectivity index (χ4v) is 3.53. The third kappa shape index (κ3) is 5.65. The molecule has 4 rings (SSSR count). The summed E-state index contributed by atoms with van der Waals surface area (Å²) in [5.41, 5.74) is 9.04. The van der Waals surface area contributed by atoms with Crippen molar-refractivity contribution in [3.05, 3.63) is 41.6 Å². The molecule has 0 aliphatic carbocycles. The zero-order valence-corrected chi connectivity index (χ0v) is 19.0. The summed E-state index contributed by atoms with van der Waals surface area (Å²) in [5.74, 6) is 2.90. The summed E-state index contributed by atoms with van der Waals surface area (Å²) in [7, 11) is 0. The summed E-state index contributed by atoms with van der Waals surface area (Å²) < 4.78 is 11.4. The molecule has 29 heavy (non-hydrogen) atoms. The summed E-state index contributed by atoms with van der Waals surface area (Å²) in [5, 5.41) is 3.13. The van der Waals surface area contributed by atoms with Crippen molar-refractivity contribution in [2.45, 2.75) is 32.7 Å². The van der Waals surface area contributed by atoms with Gasteiger partial charge in [0, 0.05) is 37.0 Å². The number of anilines is 2. The van der Waals surface area contributed by atoms with Gasteiger partial charge in [-0.05, 0) is 49.6 Å². The van der Waals surface area contributed by atoms with Crippen molar-refractivity contribution in [1.29, 1.82) is 0 Å². The van der Waals surface area contributed by atoms with E-state index in [2.05, 4.69) is 32.3 Å². The fourth-order valence-electron chi connectivity index (χ4n) is 3.53. The highest BCUT2D eigenvalue weighted by Crippen LogP contribution is 2.32. The number of hydrogen-bond donors (Lipinski definition) is 2. The van der Waals surface area contributed by atoms with E-state index < -0.39 is 0 Å². The maximum atomic E-state index is 6.10. The zero-order chi connectivity index (χ0) is 19.3. The van der Waals surface area contributed by atoms with Crippen LogP contribution in [0, 0.1) is 6.92 Å². The van der Waals surface area contributed by atoms with E-state index in [0.717, 1.165) is 53.8 Å². The molecule has 1 aromatic carbocycles. The fraction of sp³-hybridized carbons (Fsp3) is 0.429. The van der Waals surface area contributed by atoms with Gasteiger partial charge in [0.15, 0.2) is 17.5 Å². The Kier molecular flexibility index (Phi) is 7.40. The van der Waals surface area contributed by atoms with Gasteiger partial charge in [0.2, 0.25) is 0 Å². The second-order valence-corrected chi connectivity index (χ2v) is 7.21. The molecule has 3 N–H and O–H groups in total. The molecule has 0 unspecified atom stereocenters. The lowest BCUT2D eigenvalue weighted by Crippen LogP contribution is -2.22. The maximum absolute atomic E-state index is 6.10. The Hall–Kier alpha value is -2.23. The smallest absolute Gasteiger partial charge is 0.193 e. The summed E-state index contributed by atoms with van der Waals surface area (Å²) in [4.78, 5) is 11.5. The van der Waals surface area contributed by atoms with Crippen LogP contribution in [0.1, 0.15) is 30.5 Å². The number of rotatable bonds is 4. The first-order valence-electron chi connectivity index (χ1n) is 9.86. The molecular weight excluding hydrogens is 481 g/mol. The van der Waals surface area contributed by atoms with Gasteiger partial charge < -0.3 is 25.4 Å². The second kappa shape index (κ2) is 10.00. The highest BCUT2D eigenvalue weighted by Gasteiger charge is 2.14. The molecule has 1 saturated heterocycles. The predicted molar refractivity (Wildman–Crippen MR) is 127 cm³/mol. The summed E-state index contributed by atoms with van der Waals surface area (Å²) >= 11 is 0. The largest absolute Gasteiger partial charge is 0.490 e.